The summed E-state index contributed by atoms with van der Waals surface area (Å²) >= 11 is 0. The summed E-state index contributed by atoms with van der Waals surface area (Å²) in [7, 11) is 0. The quantitative estimate of drug-likeness (QED) is 0.661. The molecule has 0 bridgehead atoms. The smallest absolute Gasteiger partial charge is 0.00885 e. The summed E-state index contributed by atoms with van der Waals surface area (Å²) in [6.45, 7) is 2.15. The van der Waals surface area contributed by atoms with Crippen LogP contribution in [0.1, 0.15) is 36.8 Å². The summed E-state index contributed by atoms with van der Waals surface area (Å²) in [5.74, 6) is 0.550. The SMILES string of the molecule is Cc1ccc(CC(C2=CCCC=C2)C2=CC=CCC2)cc1. The number of rotatable bonds is 4. The maximum absolute atomic E-state index is 2.44. The van der Waals surface area contributed by atoms with Crippen LogP contribution < -0.4 is 0 Å². The van der Waals surface area contributed by atoms with Crippen LogP contribution in [0.4, 0.5) is 0 Å². The lowest BCUT2D eigenvalue weighted by atomic mass is 9.80. The van der Waals surface area contributed by atoms with Crippen molar-refractivity contribution in [1.82, 2.24) is 0 Å². The van der Waals surface area contributed by atoms with Gasteiger partial charge in [-0.25, -0.2) is 0 Å². The molecule has 0 radical (unpaired) electrons. The molecule has 3 rings (SSSR count). The predicted octanol–water partition coefficient (Wildman–Crippen LogP) is 5.71. The topological polar surface area (TPSA) is 0 Å². The second-order valence-corrected chi connectivity index (χ2v) is 6.13. The minimum absolute atomic E-state index is 0.550. The van der Waals surface area contributed by atoms with Gasteiger partial charge in [0.25, 0.3) is 0 Å². The second-order valence-electron chi connectivity index (χ2n) is 6.13. The summed E-state index contributed by atoms with van der Waals surface area (Å²) in [4.78, 5) is 0. The molecule has 0 saturated carbocycles. The molecule has 21 heavy (non-hydrogen) atoms. The molecule has 1 unspecified atom stereocenters. The zero-order valence-electron chi connectivity index (χ0n) is 12.9. The standard InChI is InChI=1S/C21H24/c1-17-12-14-18(15-13-17)16-21(19-8-4-2-5-9-19)20-10-6-3-7-11-20/h2,4,6,8,10-15,21H,3,5,7,9,16H2,1H3. The monoisotopic (exact) mass is 276 g/mol. The molecule has 0 heterocycles. The van der Waals surface area contributed by atoms with Crippen LogP contribution in [0.25, 0.3) is 0 Å². The van der Waals surface area contributed by atoms with Gasteiger partial charge in [-0.15, -0.1) is 0 Å². The van der Waals surface area contributed by atoms with Crippen LogP contribution in [0.2, 0.25) is 0 Å². The van der Waals surface area contributed by atoms with E-state index in [4.69, 9.17) is 0 Å². The molecule has 1 aromatic rings. The van der Waals surface area contributed by atoms with E-state index in [0.717, 1.165) is 6.42 Å². The molecule has 0 nitrogen and oxygen atoms in total. The number of aryl methyl sites for hydroxylation is 1. The van der Waals surface area contributed by atoms with Gasteiger partial charge >= 0.3 is 0 Å². The first-order chi connectivity index (χ1) is 10.3. The molecule has 0 aromatic heterocycles. The van der Waals surface area contributed by atoms with E-state index in [1.807, 2.05) is 0 Å². The van der Waals surface area contributed by atoms with E-state index in [1.165, 1.54) is 42.4 Å². The molecule has 0 amide bonds. The Labute approximate surface area is 128 Å². The van der Waals surface area contributed by atoms with Gasteiger partial charge in [0.15, 0.2) is 0 Å². The third-order valence-electron chi connectivity index (χ3n) is 4.48. The fourth-order valence-electron chi connectivity index (χ4n) is 3.23. The van der Waals surface area contributed by atoms with Gasteiger partial charge in [-0.3, -0.25) is 0 Å². The summed E-state index contributed by atoms with van der Waals surface area (Å²) < 4.78 is 0. The molecule has 2 aliphatic carbocycles. The van der Waals surface area contributed by atoms with E-state index in [0.29, 0.717) is 5.92 Å². The van der Waals surface area contributed by atoms with Crippen molar-refractivity contribution in [3.05, 3.63) is 83.0 Å². The Hall–Kier alpha value is -1.82. The van der Waals surface area contributed by atoms with Crippen molar-refractivity contribution < 1.29 is 0 Å². The molecule has 0 fully saturated rings. The van der Waals surface area contributed by atoms with Gasteiger partial charge in [-0.05, 0) is 50.2 Å². The van der Waals surface area contributed by atoms with Crippen molar-refractivity contribution in [3.8, 4) is 0 Å². The highest BCUT2D eigenvalue weighted by atomic mass is 14.2. The first-order valence-corrected chi connectivity index (χ1v) is 8.10. The van der Waals surface area contributed by atoms with Gasteiger partial charge in [-0.1, -0.05) is 71.9 Å². The molecule has 108 valence electrons. The van der Waals surface area contributed by atoms with E-state index in [9.17, 15) is 0 Å². The van der Waals surface area contributed by atoms with Crippen molar-refractivity contribution in [2.75, 3.05) is 0 Å². The van der Waals surface area contributed by atoms with Crippen LogP contribution in [0.3, 0.4) is 0 Å². The molecule has 0 heteroatoms. The van der Waals surface area contributed by atoms with E-state index < -0.39 is 0 Å². The van der Waals surface area contributed by atoms with E-state index >= 15 is 0 Å². The largest absolute Gasteiger partial charge is 0.0842 e. The van der Waals surface area contributed by atoms with Crippen molar-refractivity contribution in [2.24, 2.45) is 5.92 Å². The zero-order valence-corrected chi connectivity index (χ0v) is 12.9. The molecule has 1 aromatic carbocycles. The van der Waals surface area contributed by atoms with Crippen molar-refractivity contribution >= 4 is 0 Å². The lowest BCUT2D eigenvalue weighted by Gasteiger charge is -2.25. The lowest BCUT2D eigenvalue weighted by Crippen LogP contribution is -2.12. The van der Waals surface area contributed by atoms with Crippen LogP contribution in [0.15, 0.2) is 71.9 Å². The lowest BCUT2D eigenvalue weighted by molar-refractivity contribution is 0.671. The first kappa shape index (κ1) is 14.1. The third-order valence-corrected chi connectivity index (χ3v) is 4.48. The zero-order chi connectivity index (χ0) is 14.5. The van der Waals surface area contributed by atoms with Crippen LogP contribution in [-0.4, -0.2) is 0 Å². The fraction of sp³-hybridized carbons (Fsp3) is 0.333. The minimum Gasteiger partial charge on any atom is -0.0842 e. The molecule has 0 saturated heterocycles. The Morgan fingerprint density at radius 3 is 2.52 bits per heavy atom. The van der Waals surface area contributed by atoms with Crippen LogP contribution in [0.5, 0.6) is 0 Å². The average Bonchev–Trinajstić information content (AvgIpc) is 2.56. The Morgan fingerprint density at radius 2 is 1.86 bits per heavy atom. The van der Waals surface area contributed by atoms with Crippen LogP contribution in [-0.2, 0) is 6.42 Å². The Kier molecular flexibility index (Phi) is 4.55. The van der Waals surface area contributed by atoms with E-state index in [2.05, 4.69) is 67.6 Å². The van der Waals surface area contributed by atoms with E-state index in [1.54, 1.807) is 5.57 Å². The Morgan fingerprint density at radius 1 is 1.00 bits per heavy atom. The Bertz CT molecular complexity index is 593. The summed E-state index contributed by atoms with van der Waals surface area (Å²) in [6.07, 6.45) is 19.9. The maximum Gasteiger partial charge on any atom is 0.00885 e. The summed E-state index contributed by atoms with van der Waals surface area (Å²) in [5, 5.41) is 0. The predicted molar refractivity (Wildman–Crippen MR) is 91.3 cm³/mol. The third kappa shape index (κ3) is 3.64. The van der Waals surface area contributed by atoms with Crippen LogP contribution in [0, 0.1) is 12.8 Å². The number of benzene rings is 1. The van der Waals surface area contributed by atoms with Gasteiger partial charge in [-0.2, -0.15) is 0 Å². The van der Waals surface area contributed by atoms with Crippen molar-refractivity contribution in [3.63, 3.8) is 0 Å². The van der Waals surface area contributed by atoms with Gasteiger partial charge in [0.1, 0.15) is 0 Å². The highest BCUT2D eigenvalue weighted by molar-refractivity contribution is 5.37. The van der Waals surface area contributed by atoms with Crippen molar-refractivity contribution in [1.29, 1.82) is 0 Å². The minimum atomic E-state index is 0.550. The highest BCUT2D eigenvalue weighted by Gasteiger charge is 2.19. The Balaban J connectivity index is 1.86. The average molecular weight is 276 g/mol. The van der Waals surface area contributed by atoms with E-state index in [-0.39, 0.29) is 0 Å². The normalized spacial score (nSPS) is 19.1. The highest BCUT2D eigenvalue weighted by Crippen LogP contribution is 2.32. The number of allylic oxidation sites excluding steroid dienone is 8. The fourth-order valence-corrected chi connectivity index (χ4v) is 3.23. The first-order valence-electron chi connectivity index (χ1n) is 8.10. The molecule has 0 spiro atoms. The summed E-state index contributed by atoms with van der Waals surface area (Å²) in [6, 6.07) is 9.03. The molecule has 0 N–H and O–H groups in total. The van der Waals surface area contributed by atoms with Crippen LogP contribution >= 0.6 is 0 Å². The molecule has 0 aliphatic heterocycles. The van der Waals surface area contributed by atoms with Gasteiger partial charge in [0.2, 0.25) is 0 Å². The number of hydrogen-bond donors (Lipinski definition) is 0. The summed E-state index contributed by atoms with van der Waals surface area (Å²) in [5.41, 5.74) is 5.90. The van der Waals surface area contributed by atoms with Gasteiger partial charge < -0.3 is 0 Å². The molecule has 2 aliphatic rings. The van der Waals surface area contributed by atoms with Gasteiger partial charge in [0.05, 0.1) is 0 Å². The molecular formula is C21H24. The molecule has 1 atom stereocenters. The van der Waals surface area contributed by atoms with Crippen molar-refractivity contribution in [2.45, 2.75) is 39.0 Å². The van der Waals surface area contributed by atoms with Gasteiger partial charge in [0, 0.05) is 5.92 Å². The number of hydrogen-bond acceptors (Lipinski definition) is 0. The maximum atomic E-state index is 2.44. The second kappa shape index (κ2) is 6.76. The molecular weight excluding hydrogens is 252 g/mol.